The van der Waals surface area contributed by atoms with Crippen molar-refractivity contribution in [2.45, 2.75) is 111 Å². The van der Waals surface area contributed by atoms with Gasteiger partial charge in [0.1, 0.15) is 17.0 Å². The van der Waals surface area contributed by atoms with Crippen LogP contribution < -0.4 is 0 Å². The van der Waals surface area contributed by atoms with E-state index in [9.17, 15) is 34.8 Å². The summed E-state index contributed by atoms with van der Waals surface area (Å²) < 4.78 is 5.23. The summed E-state index contributed by atoms with van der Waals surface area (Å²) in [6, 6.07) is 0. The number of hydrogen-bond donors (Lipinski definition) is 4. The van der Waals surface area contributed by atoms with Crippen LogP contribution in [-0.4, -0.2) is 68.0 Å². The Bertz CT molecular complexity index is 1150. The molecule has 4 rings (SSSR count). The molecule has 4 aliphatic carbocycles. The molecule has 9 atom stereocenters. The maximum absolute atomic E-state index is 14.4. The zero-order chi connectivity index (χ0) is 30.3. The average Bonchev–Trinajstić information content (AvgIpc) is 3.03. The molecule has 0 saturated heterocycles. The van der Waals surface area contributed by atoms with Gasteiger partial charge in [0.2, 0.25) is 0 Å². The van der Waals surface area contributed by atoms with E-state index >= 15 is 0 Å². The number of carbonyl (C=O) groups excluding carboxylic acids is 3. The van der Waals surface area contributed by atoms with Crippen molar-refractivity contribution in [1.29, 1.82) is 0 Å². The summed E-state index contributed by atoms with van der Waals surface area (Å²) >= 11 is 0. The second-order valence-corrected chi connectivity index (χ2v) is 14.7. The molecule has 0 radical (unpaired) electrons. The molecule has 4 N–H and O–H groups in total. The predicted octanol–water partition coefficient (Wildman–Crippen LogP) is 3.29. The van der Waals surface area contributed by atoms with E-state index in [0.717, 1.165) is 5.57 Å². The normalized spacial score (nSPS) is 42.4. The Morgan fingerprint density at radius 1 is 1.10 bits per heavy atom. The van der Waals surface area contributed by atoms with Crippen molar-refractivity contribution >= 4 is 17.5 Å². The molecule has 0 spiro atoms. The van der Waals surface area contributed by atoms with E-state index in [1.165, 1.54) is 26.0 Å². The summed E-state index contributed by atoms with van der Waals surface area (Å²) in [5.74, 6) is -2.70. The first-order valence-electron chi connectivity index (χ1n) is 14.6. The van der Waals surface area contributed by atoms with Crippen LogP contribution >= 0.6 is 0 Å². The van der Waals surface area contributed by atoms with Gasteiger partial charge in [0.25, 0.3) is 0 Å². The predicted molar refractivity (Wildman–Crippen MR) is 149 cm³/mol. The van der Waals surface area contributed by atoms with Gasteiger partial charge in [-0.2, -0.15) is 0 Å². The van der Waals surface area contributed by atoms with E-state index in [0.29, 0.717) is 19.3 Å². The molecule has 8 heteroatoms. The highest BCUT2D eigenvalue weighted by molar-refractivity contribution is 5.97. The molecule has 224 valence electrons. The van der Waals surface area contributed by atoms with Crippen molar-refractivity contribution in [3.8, 4) is 0 Å². The van der Waals surface area contributed by atoms with Gasteiger partial charge < -0.3 is 25.2 Å². The molecule has 0 aliphatic heterocycles. The third-order valence-corrected chi connectivity index (χ3v) is 11.7. The summed E-state index contributed by atoms with van der Waals surface area (Å²) in [7, 11) is 0. The first-order chi connectivity index (χ1) is 18.2. The lowest BCUT2D eigenvalue weighted by Crippen LogP contribution is -2.66. The number of allylic oxidation sites excluding steroid dienone is 1. The van der Waals surface area contributed by atoms with Crippen LogP contribution in [0.15, 0.2) is 23.8 Å². The third-order valence-electron chi connectivity index (χ3n) is 11.7. The highest BCUT2D eigenvalue weighted by atomic mass is 16.6. The third kappa shape index (κ3) is 4.19. The second-order valence-electron chi connectivity index (χ2n) is 14.7. The van der Waals surface area contributed by atoms with Gasteiger partial charge in [-0.1, -0.05) is 39.3 Å². The lowest BCUT2D eigenvalue weighted by atomic mass is 9.38. The molecule has 0 aromatic rings. The van der Waals surface area contributed by atoms with E-state index in [1.807, 2.05) is 27.7 Å². The van der Waals surface area contributed by atoms with Gasteiger partial charge in [0.15, 0.2) is 5.78 Å². The van der Waals surface area contributed by atoms with E-state index in [1.54, 1.807) is 13.8 Å². The number of rotatable bonds is 6. The standard InChI is InChI=1S/C32H48O8/c1-18(34)40-27(2,3)14-13-24(37)31(8,39)26-21(35)15-29(6)22-11-9-19-20(10-12-23(36)28(19,4)5)32(22,17-33)25(38)16-30(26,29)7/h9,13-14,20-23,26,33,35-36,39H,10-12,15-17H2,1-8H3/b14-13+/t20-,21-,22+,23-,26+,29+,30-,31+,32+/m1/s1. The van der Waals surface area contributed by atoms with Crippen LogP contribution in [0.5, 0.6) is 0 Å². The Kier molecular flexibility index (Phi) is 7.44. The first kappa shape index (κ1) is 31.1. The molecule has 4 aliphatic rings. The molecule has 0 amide bonds. The maximum Gasteiger partial charge on any atom is 0.303 e. The van der Waals surface area contributed by atoms with Crippen LogP contribution in [0, 0.1) is 39.4 Å². The summed E-state index contributed by atoms with van der Waals surface area (Å²) in [6.45, 7) is 13.5. The monoisotopic (exact) mass is 560 g/mol. The van der Waals surface area contributed by atoms with Gasteiger partial charge in [-0.05, 0) is 81.3 Å². The van der Waals surface area contributed by atoms with Crippen LogP contribution in [-0.2, 0) is 19.1 Å². The molecule has 0 bridgehead atoms. The van der Waals surface area contributed by atoms with E-state index < -0.39 is 62.7 Å². The number of ether oxygens (including phenoxy) is 1. The number of ketones is 2. The van der Waals surface area contributed by atoms with Gasteiger partial charge >= 0.3 is 5.97 Å². The van der Waals surface area contributed by atoms with Crippen molar-refractivity contribution in [3.63, 3.8) is 0 Å². The van der Waals surface area contributed by atoms with Crippen LogP contribution in [0.2, 0.25) is 0 Å². The average molecular weight is 561 g/mol. The van der Waals surface area contributed by atoms with Crippen molar-refractivity contribution in [1.82, 2.24) is 0 Å². The molecule has 0 aromatic carbocycles. The van der Waals surface area contributed by atoms with E-state index in [2.05, 4.69) is 6.08 Å². The zero-order valence-electron chi connectivity index (χ0n) is 25.3. The molecular formula is C32H48O8. The Morgan fingerprint density at radius 3 is 2.30 bits per heavy atom. The lowest BCUT2D eigenvalue weighted by Gasteiger charge is -2.65. The van der Waals surface area contributed by atoms with Gasteiger partial charge in [0, 0.05) is 24.7 Å². The van der Waals surface area contributed by atoms with Gasteiger partial charge in [-0.15, -0.1) is 0 Å². The van der Waals surface area contributed by atoms with Crippen LogP contribution in [0.1, 0.15) is 87.5 Å². The fraction of sp³-hybridized carbons (Fsp3) is 0.781. The molecule has 0 aromatic heterocycles. The van der Waals surface area contributed by atoms with E-state index in [-0.39, 0.29) is 37.1 Å². The Balaban J connectivity index is 1.76. The molecular weight excluding hydrogens is 512 g/mol. The number of aliphatic hydroxyl groups is 4. The second kappa shape index (κ2) is 9.58. The fourth-order valence-corrected chi connectivity index (χ4v) is 9.56. The van der Waals surface area contributed by atoms with Gasteiger partial charge in [-0.3, -0.25) is 14.4 Å². The Labute approximate surface area is 237 Å². The number of hydrogen-bond acceptors (Lipinski definition) is 8. The highest BCUT2D eigenvalue weighted by Crippen LogP contribution is 2.74. The van der Waals surface area contributed by atoms with Crippen LogP contribution in [0.3, 0.4) is 0 Å². The largest absolute Gasteiger partial charge is 0.456 e. The van der Waals surface area contributed by atoms with Crippen molar-refractivity contribution < 1.29 is 39.5 Å². The Hall–Kier alpha value is -1.87. The minimum atomic E-state index is -2.00. The maximum atomic E-state index is 14.4. The van der Waals surface area contributed by atoms with Gasteiger partial charge in [0.05, 0.1) is 24.2 Å². The molecule has 3 fully saturated rings. The highest BCUT2D eigenvalue weighted by Gasteiger charge is 2.75. The zero-order valence-corrected chi connectivity index (χ0v) is 25.3. The molecule has 0 heterocycles. The number of aliphatic hydroxyl groups excluding tert-OH is 3. The van der Waals surface area contributed by atoms with Gasteiger partial charge in [-0.25, -0.2) is 0 Å². The number of fused-ring (bicyclic) bond motifs is 5. The molecule has 3 saturated carbocycles. The smallest absolute Gasteiger partial charge is 0.303 e. The minimum absolute atomic E-state index is 0.0150. The van der Waals surface area contributed by atoms with E-state index in [4.69, 9.17) is 4.74 Å². The summed E-state index contributed by atoms with van der Waals surface area (Å²) in [5.41, 5.74) is -5.21. The fourth-order valence-electron chi connectivity index (χ4n) is 9.56. The molecule has 8 nitrogen and oxygen atoms in total. The molecule has 0 unspecified atom stereocenters. The molecule has 40 heavy (non-hydrogen) atoms. The summed E-state index contributed by atoms with van der Waals surface area (Å²) in [6.07, 6.45) is 5.10. The minimum Gasteiger partial charge on any atom is -0.456 e. The van der Waals surface area contributed by atoms with Crippen molar-refractivity contribution in [3.05, 3.63) is 23.8 Å². The summed E-state index contributed by atoms with van der Waals surface area (Å²) in [4.78, 5) is 39.3. The van der Waals surface area contributed by atoms with Crippen molar-refractivity contribution in [2.75, 3.05) is 6.61 Å². The first-order valence-corrected chi connectivity index (χ1v) is 14.6. The quantitative estimate of drug-likeness (QED) is 0.220. The number of esters is 1. The Morgan fingerprint density at radius 2 is 1.73 bits per heavy atom. The summed E-state index contributed by atoms with van der Waals surface area (Å²) in [5, 5.41) is 45.1. The van der Waals surface area contributed by atoms with Crippen LogP contribution in [0.4, 0.5) is 0 Å². The number of carbonyl (C=O) groups is 3. The number of Topliss-reactive ketones (excluding diaryl/α,β-unsaturated/α-hetero) is 1. The SMILES string of the molecule is CC(=O)OC(C)(C)/C=C/C(=O)[C@](C)(O)[C@H]1[C@H](O)C[C@@]2(C)[C@@H]3CC=C4[C@@H](CC[C@@H](O)C4(C)C)[C@]3(CO)C(=O)C[C@]12C. The van der Waals surface area contributed by atoms with Crippen molar-refractivity contribution in [2.24, 2.45) is 39.4 Å². The van der Waals surface area contributed by atoms with Crippen LogP contribution in [0.25, 0.3) is 0 Å². The topological polar surface area (TPSA) is 141 Å². The lowest BCUT2D eigenvalue weighted by molar-refractivity contribution is -0.191.